The first-order valence-electron chi connectivity index (χ1n) is 5.14. The molecule has 0 aliphatic heterocycles. The van der Waals surface area contributed by atoms with Crippen molar-refractivity contribution in [3.8, 4) is 11.5 Å². The third-order valence-electron chi connectivity index (χ3n) is 2.41. The van der Waals surface area contributed by atoms with Gasteiger partial charge in [0.25, 0.3) is 0 Å². The van der Waals surface area contributed by atoms with Crippen LogP contribution in [0.4, 0.5) is 5.69 Å². The Bertz CT molecular complexity index is 713. The molecule has 1 aromatic carbocycles. The summed E-state index contributed by atoms with van der Waals surface area (Å²) in [6.07, 6.45) is 3.12. The van der Waals surface area contributed by atoms with Crippen LogP contribution in [0, 0.1) is 0 Å². The molecular weight excluding hydrogens is 270 g/mol. The Morgan fingerprint density at radius 3 is 3.00 bits per heavy atom. The molecule has 0 radical (unpaired) electrons. The first-order valence-corrected chi connectivity index (χ1v) is 6.40. The molecule has 2 aromatic heterocycles. The summed E-state index contributed by atoms with van der Waals surface area (Å²) in [5, 5.41) is 0.515. The molecule has 4 nitrogen and oxygen atoms in total. The fourth-order valence-corrected chi connectivity index (χ4v) is 2.45. The Kier molecular flexibility index (Phi) is 2.77. The van der Waals surface area contributed by atoms with Crippen molar-refractivity contribution >= 4 is 38.8 Å². The number of fused-ring (bicyclic) bond motifs is 1. The summed E-state index contributed by atoms with van der Waals surface area (Å²) in [4.78, 5) is 8.16. The first-order chi connectivity index (χ1) is 8.74. The molecule has 0 saturated carbocycles. The van der Waals surface area contributed by atoms with Gasteiger partial charge in [-0.05, 0) is 12.1 Å². The number of pyridine rings is 1. The number of ether oxygens (including phenoxy) is 1. The van der Waals surface area contributed by atoms with Crippen LogP contribution in [0.3, 0.4) is 0 Å². The number of thiazole rings is 1. The van der Waals surface area contributed by atoms with Crippen LogP contribution >= 0.6 is 22.9 Å². The van der Waals surface area contributed by atoms with Crippen molar-refractivity contribution in [3.05, 3.63) is 41.1 Å². The second kappa shape index (κ2) is 4.44. The van der Waals surface area contributed by atoms with Crippen LogP contribution in [0.5, 0.6) is 11.5 Å². The summed E-state index contributed by atoms with van der Waals surface area (Å²) >= 11 is 7.38. The number of nitrogen functional groups attached to an aromatic ring is 1. The van der Waals surface area contributed by atoms with Crippen LogP contribution in [0.25, 0.3) is 10.2 Å². The number of hydrogen-bond acceptors (Lipinski definition) is 5. The highest BCUT2D eigenvalue weighted by Crippen LogP contribution is 2.34. The van der Waals surface area contributed by atoms with Gasteiger partial charge in [0.05, 0.1) is 21.4 Å². The van der Waals surface area contributed by atoms with Crippen LogP contribution in [0.15, 0.2) is 36.1 Å². The molecule has 0 bridgehead atoms. The number of aromatic nitrogens is 2. The van der Waals surface area contributed by atoms with E-state index in [2.05, 4.69) is 9.97 Å². The topological polar surface area (TPSA) is 61.0 Å². The van der Waals surface area contributed by atoms with E-state index >= 15 is 0 Å². The third kappa shape index (κ3) is 1.98. The second-order valence-electron chi connectivity index (χ2n) is 3.62. The molecule has 3 aromatic rings. The number of nitrogens with two attached hydrogens (primary N) is 1. The molecule has 2 heterocycles. The van der Waals surface area contributed by atoms with E-state index in [-0.39, 0.29) is 0 Å². The molecule has 0 amide bonds. The maximum Gasteiger partial charge on any atom is 0.152 e. The summed E-state index contributed by atoms with van der Waals surface area (Å²) in [6, 6.07) is 5.42. The molecule has 18 heavy (non-hydrogen) atoms. The average Bonchev–Trinajstić information content (AvgIpc) is 2.82. The largest absolute Gasteiger partial charge is 0.453 e. The predicted octanol–water partition coefficient (Wildman–Crippen LogP) is 3.72. The van der Waals surface area contributed by atoms with E-state index in [0.29, 0.717) is 22.2 Å². The monoisotopic (exact) mass is 277 g/mol. The van der Waals surface area contributed by atoms with E-state index in [9.17, 15) is 0 Å². The van der Waals surface area contributed by atoms with Crippen LogP contribution in [0.1, 0.15) is 0 Å². The quantitative estimate of drug-likeness (QED) is 0.725. The Morgan fingerprint density at radius 2 is 2.17 bits per heavy atom. The highest BCUT2D eigenvalue weighted by atomic mass is 35.5. The van der Waals surface area contributed by atoms with Gasteiger partial charge in [0.2, 0.25) is 0 Å². The minimum Gasteiger partial charge on any atom is -0.453 e. The number of benzene rings is 1. The zero-order valence-corrected chi connectivity index (χ0v) is 10.7. The lowest BCUT2D eigenvalue weighted by molar-refractivity contribution is 0.483. The minimum atomic E-state index is 0.515. The molecule has 90 valence electrons. The molecule has 0 unspecified atom stereocenters. The van der Waals surface area contributed by atoms with Gasteiger partial charge >= 0.3 is 0 Å². The third-order valence-corrected chi connectivity index (χ3v) is 3.41. The van der Waals surface area contributed by atoms with E-state index in [4.69, 9.17) is 22.1 Å². The smallest absolute Gasteiger partial charge is 0.152 e. The highest BCUT2D eigenvalue weighted by Gasteiger charge is 2.09. The maximum absolute atomic E-state index is 6.02. The molecule has 0 fully saturated rings. The lowest BCUT2D eigenvalue weighted by atomic mass is 10.2. The van der Waals surface area contributed by atoms with Gasteiger partial charge in [-0.2, -0.15) is 0 Å². The number of nitrogens with zero attached hydrogens (tertiary/aromatic N) is 2. The summed E-state index contributed by atoms with van der Waals surface area (Å²) in [5.74, 6) is 1.10. The number of hydrogen-bond donors (Lipinski definition) is 1. The van der Waals surface area contributed by atoms with Crippen molar-refractivity contribution in [2.24, 2.45) is 0 Å². The maximum atomic E-state index is 6.02. The van der Waals surface area contributed by atoms with Gasteiger partial charge in [0, 0.05) is 12.3 Å². The Hall–Kier alpha value is -1.85. The van der Waals surface area contributed by atoms with Gasteiger partial charge in [-0.15, -0.1) is 11.3 Å². The average molecular weight is 278 g/mol. The van der Waals surface area contributed by atoms with Gasteiger partial charge < -0.3 is 10.5 Å². The SMILES string of the molecule is Nc1c(Oc2cncc(Cl)c2)ccc2scnc12. The summed E-state index contributed by atoms with van der Waals surface area (Å²) in [6.45, 7) is 0. The van der Waals surface area contributed by atoms with Gasteiger partial charge in [-0.3, -0.25) is 4.98 Å². The summed E-state index contributed by atoms with van der Waals surface area (Å²) < 4.78 is 6.69. The second-order valence-corrected chi connectivity index (χ2v) is 4.94. The fraction of sp³-hybridized carbons (Fsp3) is 0. The van der Waals surface area contributed by atoms with Crippen LogP contribution < -0.4 is 10.5 Å². The van der Waals surface area contributed by atoms with E-state index in [0.717, 1.165) is 10.2 Å². The first kappa shape index (κ1) is 11.3. The molecule has 2 N–H and O–H groups in total. The summed E-state index contributed by atoms with van der Waals surface area (Å²) in [7, 11) is 0. The predicted molar refractivity (Wildman–Crippen MR) is 73.4 cm³/mol. The molecule has 0 spiro atoms. The van der Waals surface area contributed by atoms with Crippen LogP contribution in [-0.4, -0.2) is 9.97 Å². The normalized spacial score (nSPS) is 10.7. The van der Waals surface area contributed by atoms with Gasteiger partial charge in [-0.1, -0.05) is 11.6 Å². The summed E-state index contributed by atoms with van der Waals surface area (Å²) in [5.41, 5.74) is 9.05. The molecule has 6 heteroatoms. The molecule has 0 atom stereocenters. The zero-order valence-electron chi connectivity index (χ0n) is 9.13. The van der Waals surface area contributed by atoms with Crippen molar-refractivity contribution in [1.29, 1.82) is 0 Å². The molecule has 0 aliphatic rings. The van der Waals surface area contributed by atoms with Crippen molar-refractivity contribution in [3.63, 3.8) is 0 Å². The van der Waals surface area contributed by atoms with Crippen LogP contribution in [0.2, 0.25) is 5.02 Å². The Labute approximate surface area is 112 Å². The van der Waals surface area contributed by atoms with E-state index < -0.39 is 0 Å². The zero-order chi connectivity index (χ0) is 12.5. The minimum absolute atomic E-state index is 0.515. The van der Waals surface area contributed by atoms with E-state index in [1.807, 2.05) is 12.1 Å². The van der Waals surface area contributed by atoms with Crippen molar-refractivity contribution in [2.75, 3.05) is 5.73 Å². The van der Waals surface area contributed by atoms with Gasteiger partial charge in [0.1, 0.15) is 17.0 Å². The fourth-order valence-electron chi connectivity index (χ4n) is 1.60. The number of halogens is 1. The van der Waals surface area contributed by atoms with E-state index in [1.54, 1.807) is 24.0 Å². The molecule has 0 saturated heterocycles. The lowest BCUT2D eigenvalue weighted by Crippen LogP contribution is -1.93. The Balaban J connectivity index is 2.02. The Morgan fingerprint density at radius 1 is 1.28 bits per heavy atom. The highest BCUT2D eigenvalue weighted by molar-refractivity contribution is 7.16. The molecule has 0 aliphatic carbocycles. The van der Waals surface area contributed by atoms with Gasteiger partial charge in [-0.25, -0.2) is 4.98 Å². The molecular formula is C12H8ClN3OS. The number of rotatable bonds is 2. The number of anilines is 1. The molecule has 3 rings (SSSR count). The van der Waals surface area contributed by atoms with E-state index in [1.165, 1.54) is 11.3 Å². The van der Waals surface area contributed by atoms with Gasteiger partial charge in [0.15, 0.2) is 5.75 Å². The lowest BCUT2D eigenvalue weighted by Gasteiger charge is -2.08. The van der Waals surface area contributed by atoms with Crippen molar-refractivity contribution in [2.45, 2.75) is 0 Å². The van der Waals surface area contributed by atoms with Crippen LogP contribution in [-0.2, 0) is 0 Å². The standard InChI is InChI=1S/C12H8ClN3OS/c13-7-3-8(5-15-4-7)17-9-1-2-10-12(11(9)14)16-6-18-10/h1-6H,14H2. The van der Waals surface area contributed by atoms with Crippen molar-refractivity contribution < 1.29 is 4.74 Å². The van der Waals surface area contributed by atoms with Crippen molar-refractivity contribution in [1.82, 2.24) is 9.97 Å².